The Kier molecular flexibility index (Phi) is 4.52. The Balaban J connectivity index is 1.67. The minimum absolute atomic E-state index is 0.203. The van der Waals surface area contributed by atoms with E-state index in [0.29, 0.717) is 38.9 Å². The molecule has 6 heteroatoms. The summed E-state index contributed by atoms with van der Waals surface area (Å²) in [6.07, 6.45) is 1.92. The van der Waals surface area contributed by atoms with Crippen LogP contribution in [0.2, 0.25) is 0 Å². The van der Waals surface area contributed by atoms with Crippen LogP contribution in [0.1, 0.15) is 31.2 Å². The molecule has 23 heavy (non-hydrogen) atoms. The highest BCUT2D eigenvalue weighted by molar-refractivity contribution is 6.01. The quantitative estimate of drug-likeness (QED) is 0.902. The molecule has 1 aromatic carbocycles. The van der Waals surface area contributed by atoms with Crippen LogP contribution in [0, 0.1) is 5.41 Å². The summed E-state index contributed by atoms with van der Waals surface area (Å²) in [6.45, 7) is 0.977. The summed E-state index contributed by atoms with van der Waals surface area (Å²) in [5, 5.41) is 13.8. The molecule has 0 aliphatic carbocycles. The van der Waals surface area contributed by atoms with E-state index >= 15 is 0 Å². The Morgan fingerprint density at radius 1 is 1.43 bits per heavy atom. The second kappa shape index (κ2) is 6.58. The van der Waals surface area contributed by atoms with Crippen molar-refractivity contribution >= 4 is 11.7 Å². The van der Waals surface area contributed by atoms with Crippen LogP contribution in [-0.2, 0) is 14.4 Å². The van der Waals surface area contributed by atoms with Crippen molar-refractivity contribution in [3.8, 4) is 5.75 Å². The third kappa shape index (κ3) is 3.32. The molecule has 1 atom stereocenters. The Morgan fingerprint density at radius 3 is 2.91 bits per heavy atom. The predicted octanol–water partition coefficient (Wildman–Crippen LogP) is 2.46. The van der Waals surface area contributed by atoms with E-state index in [2.05, 4.69) is 5.16 Å². The van der Waals surface area contributed by atoms with Crippen LogP contribution >= 0.6 is 0 Å². The first-order valence-corrected chi connectivity index (χ1v) is 7.81. The van der Waals surface area contributed by atoms with Gasteiger partial charge in [0.1, 0.15) is 11.9 Å². The fourth-order valence-electron chi connectivity index (χ4n) is 3.21. The van der Waals surface area contributed by atoms with Crippen molar-refractivity contribution in [2.75, 3.05) is 20.3 Å². The zero-order chi connectivity index (χ0) is 16.3. The molecule has 0 radical (unpaired) electrons. The summed E-state index contributed by atoms with van der Waals surface area (Å²) < 4.78 is 10.5. The number of carboxylic acid groups (broad SMARTS) is 1. The van der Waals surface area contributed by atoms with Gasteiger partial charge in [-0.2, -0.15) is 0 Å². The van der Waals surface area contributed by atoms with Crippen LogP contribution in [0.5, 0.6) is 5.75 Å². The van der Waals surface area contributed by atoms with E-state index in [1.165, 1.54) is 0 Å². The highest BCUT2D eigenvalue weighted by Gasteiger charge is 2.43. The summed E-state index contributed by atoms with van der Waals surface area (Å²) >= 11 is 0. The maximum absolute atomic E-state index is 11.7. The number of hydrogen-bond acceptors (Lipinski definition) is 5. The first kappa shape index (κ1) is 15.8. The lowest BCUT2D eigenvalue weighted by molar-refractivity contribution is -0.158. The van der Waals surface area contributed by atoms with E-state index in [1.807, 2.05) is 24.3 Å². The topological polar surface area (TPSA) is 77.4 Å². The van der Waals surface area contributed by atoms with Crippen LogP contribution in [0.4, 0.5) is 0 Å². The fraction of sp³-hybridized carbons (Fsp3) is 0.529. The van der Waals surface area contributed by atoms with Gasteiger partial charge < -0.3 is 19.4 Å². The van der Waals surface area contributed by atoms with Gasteiger partial charge in [-0.25, -0.2) is 0 Å². The number of aliphatic carboxylic acids is 1. The highest BCUT2D eigenvalue weighted by Crippen LogP contribution is 2.38. The van der Waals surface area contributed by atoms with Crippen LogP contribution in [-0.4, -0.2) is 43.2 Å². The number of oxime groups is 1. The predicted molar refractivity (Wildman–Crippen MR) is 83.8 cm³/mol. The standard InChI is InChI=1S/C17H21NO5/c1-21-13-4-2-3-12(9-13)15-10-14(23-18-15)11-17(16(19)20)5-7-22-8-6-17/h2-4,9,14H,5-8,10-11H2,1H3,(H,19,20)/t14-/m1/s1. The van der Waals surface area contributed by atoms with E-state index in [4.69, 9.17) is 14.3 Å². The van der Waals surface area contributed by atoms with Crippen molar-refractivity contribution in [1.82, 2.24) is 0 Å². The third-order valence-electron chi connectivity index (χ3n) is 4.66. The average molecular weight is 319 g/mol. The smallest absolute Gasteiger partial charge is 0.309 e. The molecule has 0 amide bonds. The summed E-state index contributed by atoms with van der Waals surface area (Å²) in [5.74, 6) is -0.000633. The number of benzene rings is 1. The zero-order valence-corrected chi connectivity index (χ0v) is 13.2. The van der Waals surface area contributed by atoms with Crippen LogP contribution in [0.3, 0.4) is 0 Å². The van der Waals surface area contributed by atoms with Gasteiger partial charge in [0.05, 0.1) is 18.2 Å². The van der Waals surface area contributed by atoms with Crippen molar-refractivity contribution in [2.45, 2.75) is 31.8 Å². The number of carboxylic acids is 1. The molecular formula is C17H21NO5. The number of nitrogens with zero attached hydrogens (tertiary/aromatic N) is 1. The first-order valence-electron chi connectivity index (χ1n) is 7.81. The Hall–Kier alpha value is -2.08. The van der Waals surface area contributed by atoms with E-state index in [9.17, 15) is 9.90 Å². The number of hydrogen-bond donors (Lipinski definition) is 1. The van der Waals surface area contributed by atoms with Crippen molar-refractivity contribution in [3.05, 3.63) is 29.8 Å². The molecule has 124 valence electrons. The second-order valence-corrected chi connectivity index (χ2v) is 6.10. The van der Waals surface area contributed by atoms with E-state index in [0.717, 1.165) is 17.0 Å². The van der Waals surface area contributed by atoms with Gasteiger partial charge >= 0.3 is 5.97 Å². The monoisotopic (exact) mass is 319 g/mol. The Labute approximate surface area is 135 Å². The molecule has 0 unspecified atom stereocenters. The average Bonchev–Trinajstić information content (AvgIpc) is 3.04. The zero-order valence-electron chi connectivity index (χ0n) is 13.2. The number of ether oxygens (including phenoxy) is 2. The lowest BCUT2D eigenvalue weighted by Gasteiger charge is -2.34. The fourth-order valence-corrected chi connectivity index (χ4v) is 3.21. The van der Waals surface area contributed by atoms with Gasteiger partial charge in [0.25, 0.3) is 0 Å². The Morgan fingerprint density at radius 2 is 2.22 bits per heavy atom. The Bertz CT molecular complexity index is 607. The third-order valence-corrected chi connectivity index (χ3v) is 4.66. The lowest BCUT2D eigenvalue weighted by atomic mass is 9.75. The van der Waals surface area contributed by atoms with Gasteiger partial charge in [0.15, 0.2) is 0 Å². The number of carbonyl (C=O) groups is 1. The maximum Gasteiger partial charge on any atom is 0.309 e. The number of rotatable bonds is 5. The minimum atomic E-state index is -0.765. The molecule has 2 aliphatic heterocycles. The van der Waals surface area contributed by atoms with Gasteiger partial charge in [0, 0.05) is 31.6 Å². The van der Waals surface area contributed by atoms with E-state index in [1.54, 1.807) is 7.11 Å². The van der Waals surface area contributed by atoms with E-state index < -0.39 is 11.4 Å². The molecule has 2 aliphatic rings. The van der Waals surface area contributed by atoms with Gasteiger partial charge in [-0.3, -0.25) is 4.79 Å². The molecule has 0 aromatic heterocycles. The minimum Gasteiger partial charge on any atom is -0.497 e. The maximum atomic E-state index is 11.7. The van der Waals surface area contributed by atoms with Crippen molar-refractivity contribution in [1.29, 1.82) is 0 Å². The van der Waals surface area contributed by atoms with Crippen LogP contribution < -0.4 is 4.74 Å². The van der Waals surface area contributed by atoms with Gasteiger partial charge in [-0.15, -0.1) is 0 Å². The van der Waals surface area contributed by atoms with Crippen LogP contribution in [0.25, 0.3) is 0 Å². The molecule has 0 bridgehead atoms. The van der Waals surface area contributed by atoms with E-state index in [-0.39, 0.29) is 6.10 Å². The molecule has 0 saturated carbocycles. The molecule has 1 N–H and O–H groups in total. The second-order valence-electron chi connectivity index (χ2n) is 6.10. The number of methoxy groups -OCH3 is 1. The summed E-state index contributed by atoms with van der Waals surface area (Å²) in [5.41, 5.74) is 1.02. The summed E-state index contributed by atoms with van der Waals surface area (Å²) in [6, 6.07) is 7.64. The SMILES string of the molecule is COc1cccc(C2=NO[C@@H](CC3(C(=O)O)CCOCC3)C2)c1. The summed E-state index contributed by atoms with van der Waals surface area (Å²) in [4.78, 5) is 17.2. The van der Waals surface area contributed by atoms with Crippen molar-refractivity contribution in [2.24, 2.45) is 10.6 Å². The molecule has 1 saturated heterocycles. The van der Waals surface area contributed by atoms with Crippen molar-refractivity contribution in [3.63, 3.8) is 0 Å². The van der Waals surface area contributed by atoms with Gasteiger partial charge in [-0.05, 0) is 25.0 Å². The molecule has 1 fully saturated rings. The molecule has 3 rings (SSSR count). The lowest BCUT2D eigenvalue weighted by Crippen LogP contribution is -2.40. The molecule has 0 spiro atoms. The van der Waals surface area contributed by atoms with Crippen LogP contribution in [0.15, 0.2) is 29.4 Å². The molecular weight excluding hydrogens is 298 g/mol. The summed E-state index contributed by atoms with van der Waals surface area (Å²) in [7, 11) is 1.62. The molecule has 6 nitrogen and oxygen atoms in total. The normalized spacial score (nSPS) is 23.0. The highest BCUT2D eigenvalue weighted by atomic mass is 16.6. The molecule has 2 heterocycles. The molecule has 1 aromatic rings. The van der Waals surface area contributed by atoms with Crippen molar-refractivity contribution < 1.29 is 24.2 Å². The van der Waals surface area contributed by atoms with Gasteiger partial charge in [0.2, 0.25) is 0 Å². The van der Waals surface area contributed by atoms with Gasteiger partial charge in [-0.1, -0.05) is 17.3 Å². The first-order chi connectivity index (χ1) is 11.1. The largest absolute Gasteiger partial charge is 0.497 e.